The van der Waals surface area contributed by atoms with Gasteiger partial charge in [-0.3, -0.25) is 4.79 Å². The van der Waals surface area contributed by atoms with Crippen molar-refractivity contribution in [3.05, 3.63) is 46.0 Å². The summed E-state index contributed by atoms with van der Waals surface area (Å²) in [7, 11) is 0. The van der Waals surface area contributed by atoms with Crippen LogP contribution in [0.2, 0.25) is 0 Å². The number of carboxylic acid groups (broad SMARTS) is 1. The molecular formula is C13H10Cl2O5. The average Bonchev–Trinajstić information content (AvgIpc) is 2.58. The van der Waals surface area contributed by atoms with E-state index in [1.807, 2.05) is 0 Å². The number of hydrogen-bond acceptors (Lipinski definition) is 4. The predicted molar refractivity (Wildman–Crippen MR) is 71.7 cm³/mol. The van der Waals surface area contributed by atoms with E-state index in [9.17, 15) is 24.9 Å². The first-order chi connectivity index (χ1) is 9.25. The summed E-state index contributed by atoms with van der Waals surface area (Å²) in [6.45, 7) is 0. The molecule has 2 rings (SSSR count). The molecule has 0 aliphatic heterocycles. The zero-order valence-electron chi connectivity index (χ0n) is 10.0. The summed E-state index contributed by atoms with van der Waals surface area (Å²) in [4.78, 5) is 23.7. The van der Waals surface area contributed by atoms with Gasteiger partial charge in [-0.05, 0) is 0 Å². The Morgan fingerprint density at radius 1 is 1.25 bits per heavy atom. The van der Waals surface area contributed by atoms with Crippen molar-refractivity contribution in [3.63, 3.8) is 0 Å². The fraction of sp³-hybridized carbons (Fsp3) is 0.231. The van der Waals surface area contributed by atoms with E-state index >= 15 is 0 Å². The summed E-state index contributed by atoms with van der Waals surface area (Å²) in [5, 5.41) is 30.2. The van der Waals surface area contributed by atoms with Gasteiger partial charge in [-0.25, -0.2) is 4.79 Å². The van der Waals surface area contributed by atoms with Crippen LogP contribution in [0.1, 0.15) is 22.3 Å². The maximum Gasteiger partial charge on any atom is 0.344 e. The molecule has 0 spiro atoms. The number of fused-ring (bicyclic) bond motifs is 1. The molecule has 0 saturated heterocycles. The van der Waals surface area contributed by atoms with E-state index in [0.717, 1.165) is 6.08 Å². The number of aliphatic carboxylic acids is 1. The average molecular weight is 317 g/mol. The van der Waals surface area contributed by atoms with Crippen LogP contribution in [0.15, 0.2) is 34.8 Å². The van der Waals surface area contributed by atoms with Crippen molar-refractivity contribution in [2.24, 2.45) is 0 Å². The van der Waals surface area contributed by atoms with E-state index in [1.165, 1.54) is 24.3 Å². The summed E-state index contributed by atoms with van der Waals surface area (Å²) in [5.41, 5.74) is -5.50. The van der Waals surface area contributed by atoms with Gasteiger partial charge in [-0.2, -0.15) is 0 Å². The van der Waals surface area contributed by atoms with Crippen LogP contribution in [-0.4, -0.2) is 32.7 Å². The van der Waals surface area contributed by atoms with Gasteiger partial charge in [0.2, 0.25) is 5.60 Å². The molecule has 0 bridgehead atoms. The largest absolute Gasteiger partial charge is 0.479 e. The van der Waals surface area contributed by atoms with E-state index in [2.05, 4.69) is 0 Å². The second kappa shape index (κ2) is 4.86. The van der Waals surface area contributed by atoms with Gasteiger partial charge in [0.1, 0.15) is 4.49 Å². The summed E-state index contributed by atoms with van der Waals surface area (Å²) in [6, 6.07) is 5.60. The topological polar surface area (TPSA) is 94.8 Å². The summed E-state index contributed by atoms with van der Waals surface area (Å²) < 4.78 is -0.241. The van der Waals surface area contributed by atoms with E-state index in [0.29, 0.717) is 0 Å². The van der Waals surface area contributed by atoms with Gasteiger partial charge < -0.3 is 15.3 Å². The third-order valence-corrected chi connectivity index (χ3v) is 3.71. The number of carbonyl (C=O) groups excluding carboxylic acids is 1. The number of ketones is 1. The van der Waals surface area contributed by atoms with Crippen molar-refractivity contribution >= 4 is 35.0 Å². The van der Waals surface area contributed by atoms with Gasteiger partial charge in [0.25, 0.3) is 0 Å². The van der Waals surface area contributed by atoms with Crippen LogP contribution in [0.4, 0.5) is 0 Å². The van der Waals surface area contributed by atoms with Crippen LogP contribution in [0, 0.1) is 0 Å². The molecule has 106 valence electrons. The van der Waals surface area contributed by atoms with Crippen LogP contribution < -0.4 is 0 Å². The lowest BCUT2D eigenvalue weighted by Gasteiger charge is -2.32. The number of rotatable bonds is 3. The zero-order valence-corrected chi connectivity index (χ0v) is 11.5. The van der Waals surface area contributed by atoms with E-state index in [4.69, 9.17) is 23.2 Å². The Balaban J connectivity index is 2.67. The second-order valence-corrected chi connectivity index (χ2v) is 5.46. The quantitative estimate of drug-likeness (QED) is 0.787. The van der Waals surface area contributed by atoms with Gasteiger partial charge in [-0.1, -0.05) is 53.5 Å². The summed E-state index contributed by atoms with van der Waals surface area (Å²) in [6.07, 6.45) is 0.548. The number of carbonyl (C=O) groups is 2. The van der Waals surface area contributed by atoms with Crippen molar-refractivity contribution < 1.29 is 24.9 Å². The molecule has 0 heterocycles. The minimum Gasteiger partial charge on any atom is -0.479 e. The highest BCUT2D eigenvalue weighted by Gasteiger charge is 2.66. The SMILES string of the molecule is O=C1c2ccccc2C(O)(C(=O)O)C1(O)CC=C(Cl)Cl. The number of aliphatic hydroxyl groups is 2. The van der Waals surface area contributed by atoms with Gasteiger partial charge >= 0.3 is 5.97 Å². The van der Waals surface area contributed by atoms with Crippen LogP contribution in [-0.2, 0) is 10.4 Å². The highest BCUT2D eigenvalue weighted by atomic mass is 35.5. The monoisotopic (exact) mass is 316 g/mol. The molecule has 2 atom stereocenters. The summed E-state index contributed by atoms with van der Waals surface area (Å²) >= 11 is 10.8. The third-order valence-electron chi connectivity index (χ3n) is 3.40. The number of hydrogen-bond donors (Lipinski definition) is 3. The van der Waals surface area contributed by atoms with E-state index in [-0.39, 0.29) is 15.6 Å². The van der Waals surface area contributed by atoms with Crippen molar-refractivity contribution in [2.45, 2.75) is 17.6 Å². The predicted octanol–water partition coefficient (Wildman–Crippen LogP) is 1.60. The van der Waals surface area contributed by atoms with Gasteiger partial charge in [-0.15, -0.1) is 0 Å². The van der Waals surface area contributed by atoms with E-state index < -0.39 is 29.4 Å². The highest BCUT2D eigenvalue weighted by molar-refractivity contribution is 6.55. The molecule has 1 aliphatic carbocycles. The molecule has 3 N–H and O–H groups in total. The van der Waals surface area contributed by atoms with Crippen LogP contribution >= 0.6 is 23.2 Å². The molecule has 1 aromatic carbocycles. The fourth-order valence-electron chi connectivity index (χ4n) is 2.36. The normalized spacial score (nSPS) is 28.1. The van der Waals surface area contributed by atoms with Gasteiger partial charge in [0.05, 0.1) is 0 Å². The van der Waals surface area contributed by atoms with Crippen LogP contribution in [0.25, 0.3) is 0 Å². The number of Topliss-reactive ketones (excluding diaryl/α,β-unsaturated/α-hetero) is 1. The Morgan fingerprint density at radius 3 is 2.40 bits per heavy atom. The summed E-state index contributed by atoms with van der Waals surface area (Å²) in [5.74, 6) is -2.61. The van der Waals surface area contributed by atoms with Crippen molar-refractivity contribution in [1.82, 2.24) is 0 Å². The molecule has 0 amide bonds. The van der Waals surface area contributed by atoms with Crippen LogP contribution in [0.5, 0.6) is 0 Å². The Bertz CT molecular complexity index is 623. The molecule has 5 nitrogen and oxygen atoms in total. The van der Waals surface area contributed by atoms with Gasteiger partial charge in [0.15, 0.2) is 11.4 Å². The molecule has 0 aromatic heterocycles. The number of carboxylic acids is 1. The number of halogens is 2. The maximum absolute atomic E-state index is 12.3. The Labute approximate surface area is 124 Å². The molecule has 7 heteroatoms. The molecular weight excluding hydrogens is 307 g/mol. The molecule has 2 unspecified atom stereocenters. The third kappa shape index (κ3) is 1.86. The van der Waals surface area contributed by atoms with Crippen LogP contribution in [0.3, 0.4) is 0 Å². The lowest BCUT2D eigenvalue weighted by atomic mass is 9.80. The second-order valence-electron chi connectivity index (χ2n) is 4.45. The lowest BCUT2D eigenvalue weighted by Crippen LogP contribution is -2.56. The number of benzene rings is 1. The molecule has 0 saturated carbocycles. The first kappa shape index (κ1) is 15.0. The molecule has 0 radical (unpaired) electrons. The van der Waals surface area contributed by atoms with Crippen molar-refractivity contribution in [2.75, 3.05) is 0 Å². The molecule has 1 aliphatic rings. The Hall–Kier alpha value is -1.40. The molecule has 1 aromatic rings. The van der Waals surface area contributed by atoms with E-state index in [1.54, 1.807) is 0 Å². The zero-order chi connectivity index (χ0) is 15.1. The lowest BCUT2D eigenvalue weighted by molar-refractivity contribution is -0.183. The minimum absolute atomic E-state index is 0.0426. The fourth-order valence-corrected chi connectivity index (χ4v) is 2.52. The van der Waals surface area contributed by atoms with Crippen molar-refractivity contribution in [3.8, 4) is 0 Å². The van der Waals surface area contributed by atoms with Gasteiger partial charge in [0, 0.05) is 17.5 Å². The highest BCUT2D eigenvalue weighted by Crippen LogP contribution is 2.46. The Kier molecular flexibility index (Phi) is 3.64. The molecule has 20 heavy (non-hydrogen) atoms. The standard InChI is InChI=1S/C13H10Cl2O5/c14-9(15)5-6-12(19)10(16)7-3-1-2-4-8(7)13(12,20)11(17)18/h1-5,19-20H,6H2,(H,17,18). The Morgan fingerprint density at radius 2 is 1.85 bits per heavy atom. The smallest absolute Gasteiger partial charge is 0.344 e. The van der Waals surface area contributed by atoms with Crippen molar-refractivity contribution in [1.29, 1.82) is 0 Å². The first-order valence-electron chi connectivity index (χ1n) is 5.58. The first-order valence-corrected chi connectivity index (χ1v) is 6.34. The molecule has 0 fully saturated rings. The minimum atomic E-state index is -2.75. The maximum atomic E-state index is 12.3.